The van der Waals surface area contributed by atoms with Crippen LogP contribution in [0.4, 0.5) is 0 Å². The molecule has 2 heterocycles. The highest BCUT2D eigenvalue weighted by atomic mass is 32.1. The van der Waals surface area contributed by atoms with Crippen LogP contribution in [-0.2, 0) is 31.2 Å². The van der Waals surface area contributed by atoms with Gasteiger partial charge in [0.2, 0.25) is 5.91 Å². The fraction of sp³-hybridized carbons (Fsp3) is 0.417. The van der Waals surface area contributed by atoms with Crippen LogP contribution >= 0.6 is 11.3 Å². The number of carbonyl (C=O) groups is 1. The molecule has 6 nitrogen and oxygen atoms in total. The van der Waals surface area contributed by atoms with E-state index in [-0.39, 0.29) is 5.91 Å². The average molecular weight is 279 g/mol. The molecule has 0 radical (unpaired) electrons. The molecule has 0 aliphatic rings. The number of amides is 1. The van der Waals surface area contributed by atoms with E-state index in [0.29, 0.717) is 19.5 Å². The largest absolute Gasteiger partial charge is 0.349 e. The van der Waals surface area contributed by atoms with E-state index < -0.39 is 0 Å². The highest BCUT2D eigenvalue weighted by Crippen LogP contribution is 2.10. The van der Waals surface area contributed by atoms with Gasteiger partial charge >= 0.3 is 0 Å². The molecule has 2 aromatic heterocycles. The number of nitrogens with two attached hydrogens (primary N) is 1. The number of nitrogens with zero attached hydrogens (tertiary/aromatic N) is 3. The maximum atomic E-state index is 11.8. The second kappa shape index (κ2) is 6.44. The smallest absolute Gasteiger partial charge is 0.226 e. The number of thiazole rings is 1. The van der Waals surface area contributed by atoms with Crippen LogP contribution in [0.5, 0.6) is 0 Å². The van der Waals surface area contributed by atoms with E-state index in [9.17, 15) is 4.79 Å². The van der Waals surface area contributed by atoms with Crippen molar-refractivity contribution in [3.63, 3.8) is 0 Å². The van der Waals surface area contributed by atoms with Gasteiger partial charge in [0.1, 0.15) is 5.82 Å². The van der Waals surface area contributed by atoms with Crippen LogP contribution in [0.25, 0.3) is 0 Å². The minimum Gasteiger partial charge on any atom is -0.349 e. The lowest BCUT2D eigenvalue weighted by Crippen LogP contribution is -2.26. The van der Waals surface area contributed by atoms with Crippen molar-refractivity contribution in [1.82, 2.24) is 19.9 Å². The Kier molecular flexibility index (Phi) is 4.64. The van der Waals surface area contributed by atoms with E-state index in [4.69, 9.17) is 5.73 Å². The summed E-state index contributed by atoms with van der Waals surface area (Å²) in [5, 5.41) is 5.72. The first-order valence-electron chi connectivity index (χ1n) is 6.05. The summed E-state index contributed by atoms with van der Waals surface area (Å²) in [5.41, 5.74) is 6.26. The third kappa shape index (κ3) is 3.87. The van der Waals surface area contributed by atoms with E-state index in [1.807, 2.05) is 23.2 Å². The highest BCUT2D eigenvalue weighted by Gasteiger charge is 2.08. The van der Waals surface area contributed by atoms with Crippen molar-refractivity contribution in [3.05, 3.63) is 34.3 Å². The fourth-order valence-corrected chi connectivity index (χ4v) is 2.45. The van der Waals surface area contributed by atoms with Crippen LogP contribution in [0.15, 0.2) is 17.8 Å². The van der Waals surface area contributed by atoms with Gasteiger partial charge in [0.15, 0.2) is 0 Å². The molecule has 1 amide bonds. The zero-order chi connectivity index (χ0) is 13.7. The molecule has 0 saturated carbocycles. The summed E-state index contributed by atoms with van der Waals surface area (Å²) in [7, 11) is 1.90. The van der Waals surface area contributed by atoms with Gasteiger partial charge in [-0.05, 0) is 6.54 Å². The second-order valence-corrected chi connectivity index (χ2v) is 5.12. The Morgan fingerprint density at radius 1 is 1.58 bits per heavy atom. The maximum absolute atomic E-state index is 11.8. The Hall–Kier alpha value is -1.73. The van der Waals surface area contributed by atoms with Crippen molar-refractivity contribution in [2.45, 2.75) is 19.4 Å². The predicted octanol–water partition coefficient (Wildman–Crippen LogP) is 0.237. The van der Waals surface area contributed by atoms with E-state index >= 15 is 0 Å². The summed E-state index contributed by atoms with van der Waals surface area (Å²) in [6.07, 6.45) is 4.62. The number of rotatable bonds is 6. The zero-order valence-electron chi connectivity index (χ0n) is 10.8. The van der Waals surface area contributed by atoms with Gasteiger partial charge in [0.25, 0.3) is 0 Å². The fourth-order valence-electron chi connectivity index (χ4n) is 1.64. The van der Waals surface area contributed by atoms with Gasteiger partial charge in [-0.15, -0.1) is 11.3 Å². The molecule has 0 aliphatic heterocycles. The molecule has 19 heavy (non-hydrogen) atoms. The first-order valence-corrected chi connectivity index (χ1v) is 6.93. The molecule has 7 heteroatoms. The van der Waals surface area contributed by atoms with Gasteiger partial charge in [0.05, 0.1) is 23.7 Å². The van der Waals surface area contributed by atoms with Crippen LogP contribution in [-0.4, -0.2) is 27.0 Å². The van der Waals surface area contributed by atoms with Gasteiger partial charge in [-0.25, -0.2) is 9.97 Å². The third-order valence-corrected chi connectivity index (χ3v) is 3.62. The normalized spacial score (nSPS) is 10.6. The van der Waals surface area contributed by atoms with Crippen molar-refractivity contribution >= 4 is 17.2 Å². The maximum Gasteiger partial charge on any atom is 0.226 e. The summed E-state index contributed by atoms with van der Waals surface area (Å²) >= 11 is 1.55. The number of carbonyl (C=O) groups excluding carboxylic acids is 1. The summed E-state index contributed by atoms with van der Waals surface area (Å²) in [5.74, 6) is 0.781. The first kappa shape index (κ1) is 13.7. The first-order chi connectivity index (χ1) is 9.19. The molecule has 0 spiro atoms. The van der Waals surface area contributed by atoms with Crippen molar-refractivity contribution in [3.8, 4) is 0 Å². The van der Waals surface area contributed by atoms with Crippen LogP contribution in [0.2, 0.25) is 0 Å². The SMILES string of the molecule is Cn1ccnc1CNC(=O)Cc1csc(CCN)n1. The molecular formula is C12H17N5OS. The lowest BCUT2D eigenvalue weighted by Gasteiger charge is -2.04. The molecule has 0 aromatic carbocycles. The van der Waals surface area contributed by atoms with E-state index in [0.717, 1.165) is 22.9 Å². The van der Waals surface area contributed by atoms with Crippen LogP contribution in [0, 0.1) is 0 Å². The monoisotopic (exact) mass is 279 g/mol. The third-order valence-electron chi connectivity index (χ3n) is 2.66. The van der Waals surface area contributed by atoms with E-state index in [1.165, 1.54) is 0 Å². The number of imidazole rings is 1. The highest BCUT2D eigenvalue weighted by molar-refractivity contribution is 7.09. The quantitative estimate of drug-likeness (QED) is 0.793. The molecule has 3 N–H and O–H groups in total. The Balaban J connectivity index is 1.82. The lowest BCUT2D eigenvalue weighted by molar-refractivity contribution is -0.120. The number of hydrogen-bond acceptors (Lipinski definition) is 5. The molecule has 0 unspecified atom stereocenters. The number of nitrogens with one attached hydrogen (secondary N) is 1. The van der Waals surface area contributed by atoms with E-state index in [1.54, 1.807) is 17.5 Å². The van der Waals surface area contributed by atoms with Gasteiger partial charge < -0.3 is 15.6 Å². The van der Waals surface area contributed by atoms with Crippen molar-refractivity contribution in [2.24, 2.45) is 12.8 Å². The molecule has 0 aliphatic carbocycles. The molecule has 2 aromatic rings. The van der Waals surface area contributed by atoms with E-state index in [2.05, 4.69) is 15.3 Å². The minimum absolute atomic E-state index is 0.0485. The molecule has 2 rings (SSSR count). The standard InChI is InChI=1S/C12H17N5OS/c1-17-5-4-14-10(17)7-15-11(18)6-9-8-19-12(16-9)2-3-13/h4-5,8H,2-3,6-7,13H2,1H3,(H,15,18). The number of aromatic nitrogens is 3. The minimum atomic E-state index is -0.0485. The number of hydrogen-bond donors (Lipinski definition) is 2. The summed E-state index contributed by atoms with van der Waals surface area (Å²) in [4.78, 5) is 20.3. The molecular weight excluding hydrogens is 262 g/mol. The summed E-state index contributed by atoms with van der Waals surface area (Å²) in [6, 6.07) is 0. The molecule has 0 fully saturated rings. The molecule has 102 valence electrons. The molecule has 0 atom stereocenters. The Bertz CT molecular complexity index is 548. The lowest BCUT2D eigenvalue weighted by atomic mass is 10.3. The zero-order valence-corrected chi connectivity index (χ0v) is 11.6. The topological polar surface area (TPSA) is 85.8 Å². The van der Waals surface area contributed by atoms with Crippen molar-refractivity contribution in [2.75, 3.05) is 6.54 Å². The summed E-state index contributed by atoms with van der Waals surface area (Å²) < 4.78 is 1.88. The van der Waals surface area contributed by atoms with Gasteiger partial charge in [0, 0.05) is 31.2 Å². The summed E-state index contributed by atoms with van der Waals surface area (Å²) in [6.45, 7) is 1.01. The van der Waals surface area contributed by atoms with Crippen LogP contribution in [0.3, 0.4) is 0 Å². The Morgan fingerprint density at radius 3 is 3.11 bits per heavy atom. The number of aryl methyl sites for hydroxylation is 1. The molecule has 0 bridgehead atoms. The van der Waals surface area contributed by atoms with Gasteiger partial charge in [-0.1, -0.05) is 0 Å². The molecule has 0 saturated heterocycles. The van der Waals surface area contributed by atoms with Crippen LogP contribution in [0.1, 0.15) is 16.5 Å². The second-order valence-electron chi connectivity index (χ2n) is 4.18. The van der Waals surface area contributed by atoms with Gasteiger partial charge in [-0.2, -0.15) is 0 Å². The Labute approximate surface area is 115 Å². The van der Waals surface area contributed by atoms with Gasteiger partial charge in [-0.3, -0.25) is 4.79 Å². The van der Waals surface area contributed by atoms with Crippen LogP contribution < -0.4 is 11.1 Å². The van der Waals surface area contributed by atoms with Crippen molar-refractivity contribution in [1.29, 1.82) is 0 Å². The average Bonchev–Trinajstić information content (AvgIpc) is 2.97. The predicted molar refractivity (Wildman–Crippen MR) is 73.6 cm³/mol. The Morgan fingerprint density at radius 2 is 2.42 bits per heavy atom. The van der Waals surface area contributed by atoms with Crippen molar-refractivity contribution < 1.29 is 4.79 Å².